The third-order valence-electron chi connectivity index (χ3n) is 2.84. The van der Waals surface area contributed by atoms with Crippen LogP contribution in [0.25, 0.3) is 0 Å². The Balaban J connectivity index is 2.39. The Morgan fingerprint density at radius 3 is 2.50 bits per heavy atom. The van der Waals surface area contributed by atoms with Gasteiger partial charge in [-0.15, -0.1) is 0 Å². The lowest BCUT2D eigenvalue weighted by Crippen LogP contribution is -2.17. The molecule has 1 aliphatic carbocycles. The highest BCUT2D eigenvalue weighted by Gasteiger charge is 2.19. The molecular weight excluding hydrogens is 172 g/mol. The molecule has 0 atom stereocenters. The van der Waals surface area contributed by atoms with Crippen LogP contribution in [0.1, 0.15) is 50.6 Å². The second-order valence-corrected chi connectivity index (χ2v) is 5.16. The molecule has 1 aromatic rings. The number of fused-ring (bicyclic) bond motifs is 1. The largest absolute Gasteiger partial charge is 0.155 e. The summed E-state index contributed by atoms with van der Waals surface area (Å²) in [6, 6.07) is 2.25. The van der Waals surface area contributed by atoms with Gasteiger partial charge in [0.1, 0.15) is 0 Å². The fraction of sp³-hybridized carbons (Fsp3) is 0.667. The smallest absolute Gasteiger partial charge is 0.0687 e. The van der Waals surface area contributed by atoms with E-state index in [2.05, 4.69) is 37.0 Å². The predicted octanol–water partition coefficient (Wildman–Crippen LogP) is 2.65. The fourth-order valence-corrected chi connectivity index (χ4v) is 1.86. The molecular formula is C12H18N2. The van der Waals surface area contributed by atoms with Gasteiger partial charge in [0.25, 0.3) is 0 Å². The van der Waals surface area contributed by atoms with Gasteiger partial charge in [-0.1, -0.05) is 20.8 Å². The van der Waals surface area contributed by atoms with E-state index >= 15 is 0 Å². The highest BCUT2D eigenvalue weighted by atomic mass is 15.1. The molecule has 2 heteroatoms. The molecule has 2 rings (SSSR count). The van der Waals surface area contributed by atoms with Crippen molar-refractivity contribution in [1.82, 2.24) is 10.2 Å². The molecule has 0 bridgehead atoms. The molecule has 76 valence electrons. The Kier molecular flexibility index (Phi) is 2.30. The SMILES string of the molecule is CC(C)(C)c1cc2c(nn1)CCCC2. The molecule has 2 nitrogen and oxygen atoms in total. The van der Waals surface area contributed by atoms with Gasteiger partial charge in [0, 0.05) is 5.41 Å². The maximum atomic E-state index is 4.34. The summed E-state index contributed by atoms with van der Waals surface area (Å²) < 4.78 is 0. The average Bonchev–Trinajstić information content (AvgIpc) is 2.16. The van der Waals surface area contributed by atoms with Crippen molar-refractivity contribution >= 4 is 0 Å². The first-order valence-electron chi connectivity index (χ1n) is 5.43. The van der Waals surface area contributed by atoms with Gasteiger partial charge in [-0.25, -0.2) is 0 Å². The van der Waals surface area contributed by atoms with Crippen LogP contribution in [0.4, 0.5) is 0 Å². The number of hydrogen-bond acceptors (Lipinski definition) is 2. The van der Waals surface area contributed by atoms with Crippen molar-refractivity contribution < 1.29 is 0 Å². The first-order chi connectivity index (χ1) is 6.57. The van der Waals surface area contributed by atoms with Gasteiger partial charge in [-0.05, 0) is 37.3 Å². The van der Waals surface area contributed by atoms with Crippen LogP contribution in [0.2, 0.25) is 0 Å². The van der Waals surface area contributed by atoms with Crippen molar-refractivity contribution in [2.24, 2.45) is 0 Å². The number of nitrogens with zero attached hydrogens (tertiary/aromatic N) is 2. The number of aryl methyl sites for hydroxylation is 2. The summed E-state index contributed by atoms with van der Waals surface area (Å²) in [7, 11) is 0. The molecule has 0 fully saturated rings. The standard InChI is InChI=1S/C12H18N2/c1-12(2,3)11-8-9-6-4-5-7-10(9)13-14-11/h8H,4-7H2,1-3H3. The summed E-state index contributed by atoms with van der Waals surface area (Å²) in [6.45, 7) is 6.56. The van der Waals surface area contributed by atoms with E-state index in [1.165, 1.54) is 30.5 Å². The van der Waals surface area contributed by atoms with Crippen molar-refractivity contribution in [2.75, 3.05) is 0 Å². The molecule has 1 aliphatic rings. The average molecular weight is 190 g/mol. The van der Waals surface area contributed by atoms with Crippen molar-refractivity contribution in [1.29, 1.82) is 0 Å². The van der Waals surface area contributed by atoms with E-state index < -0.39 is 0 Å². The number of hydrogen-bond donors (Lipinski definition) is 0. The molecule has 0 unspecified atom stereocenters. The zero-order chi connectivity index (χ0) is 10.2. The van der Waals surface area contributed by atoms with Gasteiger partial charge in [-0.2, -0.15) is 10.2 Å². The Morgan fingerprint density at radius 1 is 1.07 bits per heavy atom. The topological polar surface area (TPSA) is 25.8 Å². The van der Waals surface area contributed by atoms with E-state index in [0.717, 1.165) is 12.1 Å². The third kappa shape index (κ3) is 1.79. The van der Waals surface area contributed by atoms with Gasteiger partial charge in [0.05, 0.1) is 11.4 Å². The monoisotopic (exact) mass is 190 g/mol. The summed E-state index contributed by atoms with van der Waals surface area (Å²) in [5.74, 6) is 0. The maximum Gasteiger partial charge on any atom is 0.0687 e. The third-order valence-corrected chi connectivity index (χ3v) is 2.84. The van der Waals surface area contributed by atoms with Crippen LogP contribution in [0, 0.1) is 0 Å². The maximum absolute atomic E-state index is 4.34. The fourth-order valence-electron chi connectivity index (χ4n) is 1.86. The van der Waals surface area contributed by atoms with Gasteiger partial charge >= 0.3 is 0 Å². The highest BCUT2D eigenvalue weighted by molar-refractivity contribution is 5.26. The lowest BCUT2D eigenvalue weighted by Gasteiger charge is -2.20. The van der Waals surface area contributed by atoms with E-state index in [9.17, 15) is 0 Å². The van der Waals surface area contributed by atoms with Crippen molar-refractivity contribution in [2.45, 2.75) is 51.9 Å². The lowest BCUT2D eigenvalue weighted by atomic mass is 9.88. The number of rotatable bonds is 0. The van der Waals surface area contributed by atoms with Crippen LogP contribution in [-0.2, 0) is 18.3 Å². The first-order valence-corrected chi connectivity index (χ1v) is 5.43. The van der Waals surface area contributed by atoms with Crippen LogP contribution in [0.5, 0.6) is 0 Å². The molecule has 0 N–H and O–H groups in total. The van der Waals surface area contributed by atoms with Crippen LogP contribution in [0.3, 0.4) is 0 Å². The van der Waals surface area contributed by atoms with E-state index in [1.807, 2.05) is 0 Å². The quantitative estimate of drug-likeness (QED) is 0.628. The van der Waals surface area contributed by atoms with E-state index in [-0.39, 0.29) is 5.41 Å². The predicted molar refractivity (Wildman–Crippen MR) is 57.4 cm³/mol. The van der Waals surface area contributed by atoms with E-state index in [1.54, 1.807) is 0 Å². The number of aromatic nitrogens is 2. The normalized spacial score (nSPS) is 16.5. The molecule has 1 heterocycles. The minimum Gasteiger partial charge on any atom is -0.155 e. The van der Waals surface area contributed by atoms with Crippen LogP contribution in [-0.4, -0.2) is 10.2 Å². The molecule has 0 saturated heterocycles. The molecule has 0 spiro atoms. The first kappa shape index (κ1) is 9.63. The van der Waals surface area contributed by atoms with Gasteiger partial charge < -0.3 is 0 Å². The van der Waals surface area contributed by atoms with Gasteiger partial charge in [-0.3, -0.25) is 0 Å². The summed E-state index contributed by atoms with van der Waals surface area (Å²) >= 11 is 0. The molecule has 1 aromatic heterocycles. The second kappa shape index (κ2) is 3.34. The zero-order valence-corrected chi connectivity index (χ0v) is 9.30. The molecule has 0 amide bonds. The minimum atomic E-state index is 0.124. The molecule has 0 aliphatic heterocycles. The zero-order valence-electron chi connectivity index (χ0n) is 9.30. The molecule has 0 saturated carbocycles. The van der Waals surface area contributed by atoms with E-state index in [4.69, 9.17) is 0 Å². The lowest BCUT2D eigenvalue weighted by molar-refractivity contribution is 0.546. The Bertz CT molecular complexity index is 337. The Labute approximate surface area is 85.8 Å². The van der Waals surface area contributed by atoms with E-state index in [0.29, 0.717) is 0 Å². The van der Waals surface area contributed by atoms with Crippen molar-refractivity contribution in [3.05, 3.63) is 23.0 Å². The summed E-state index contributed by atoms with van der Waals surface area (Å²) in [5.41, 5.74) is 3.90. The van der Waals surface area contributed by atoms with Gasteiger partial charge in [0.15, 0.2) is 0 Å². The molecule has 0 radical (unpaired) electrons. The van der Waals surface area contributed by atoms with Crippen LogP contribution < -0.4 is 0 Å². The molecule has 0 aromatic carbocycles. The van der Waals surface area contributed by atoms with Crippen molar-refractivity contribution in [3.8, 4) is 0 Å². The second-order valence-electron chi connectivity index (χ2n) is 5.16. The minimum absolute atomic E-state index is 0.124. The van der Waals surface area contributed by atoms with Crippen molar-refractivity contribution in [3.63, 3.8) is 0 Å². The Hall–Kier alpha value is -0.920. The van der Waals surface area contributed by atoms with Gasteiger partial charge in [0.2, 0.25) is 0 Å². The van der Waals surface area contributed by atoms with Crippen LogP contribution >= 0.6 is 0 Å². The summed E-state index contributed by atoms with van der Waals surface area (Å²) in [4.78, 5) is 0. The molecule has 14 heavy (non-hydrogen) atoms. The summed E-state index contributed by atoms with van der Waals surface area (Å²) in [5, 5.41) is 8.65. The summed E-state index contributed by atoms with van der Waals surface area (Å²) in [6.07, 6.45) is 4.89. The Morgan fingerprint density at radius 2 is 1.79 bits per heavy atom. The highest BCUT2D eigenvalue weighted by Crippen LogP contribution is 2.24. The van der Waals surface area contributed by atoms with Crippen LogP contribution in [0.15, 0.2) is 6.07 Å².